The quantitative estimate of drug-likeness (QED) is 0.888. The monoisotopic (exact) mass is 266 g/mol. The molecule has 0 spiro atoms. The summed E-state index contributed by atoms with van der Waals surface area (Å²) in [6, 6.07) is 12.9. The fourth-order valence-electron chi connectivity index (χ4n) is 3.07. The Bertz CT molecular complexity index is 628. The third kappa shape index (κ3) is 2.64. The van der Waals surface area contributed by atoms with Crippen molar-refractivity contribution in [3.05, 3.63) is 69.8 Å². The first-order valence-corrected chi connectivity index (χ1v) is 7.49. The molecule has 1 N–H and O–H groups in total. The number of hydrogen-bond acceptors (Lipinski definition) is 1. The molecule has 1 aliphatic carbocycles. The Morgan fingerprint density at radius 3 is 2.55 bits per heavy atom. The summed E-state index contributed by atoms with van der Waals surface area (Å²) in [5.41, 5.74) is 7.77. The van der Waals surface area contributed by atoms with Gasteiger partial charge >= 0.3 is 0 Å². The summed E-state index contributed by atoms with van der Waals surface area (Å²) in [6.45, 7) is 4.25. The van der Waals surface area contributed by atoms with Gasteiger partial charge in [0.15, 0.2) is 0 Å². The van der Waals surface area contributed by atoms with E-state index in [1.165, 1.54) is 47.1 Å². The molecule has 20 heavy (non-hydrogen) atoms. The highest BCUT2D eigenvalue weighted by Crippen LogP contribution is 2.27. The van der Waals surface area contributed by atoms with E-state index in [4.69, 9.17) is 0 Å². The summed E-state index contributed by atoms with van der Waals surface area (Å²) < 4.78 is 0. The van der Waals surface area contributed by atoms with Gasteiger partial charge in [0.2, 0.25) is 0 Å². The number of aliphatic hydroxyl groups excluding tert-OH is 1. The number of fused-ring (bicyclic) bond motifs is 1. The molecule has 0 heterocycles. The summed E-state index contributed by atoms with van der Waals surface area (Å²) >= 11 is 0. The Kier molecular flexibility index (Phi) is 3.62. The average Bonchev–Trinajstić information content (AvgIpc) is 2.90. The van der Waals surface area contributed by atoms with Crippen LogP contribution in [0.15, 0.2) is 36.4 Å². The van der Waals surface area contributed by atoms with Crippen LogP contribution in [0.2, 0.25) is 0 Å². The SMILES string of the molecule is Cc1ccc(CC(O)c2ccc3c(c2)CCC3)cc1C. The van der Waals surface area contributed by atoms with E-state index in [0.717, 1.165) is 5.56 Å². The van der Waals surface area contributed by atoms with Gasteiger partial charge in [-0.25, -0.2) is 0 Å². The molecule has 0 bridgehead atoms. The molecular weight excluding hydrogens is 244 g/mol. The Labute approximate surface area is 121 Å². The minimum absolute atomic E-state index is 0.400. The predicted octanol–water partition coefficient (Wildman–Crippen LogP) is 4.07. The molecule has 0 aliphatic heterocycles. The van der Waals surface area contributed by atoms with Crippen LogP contribution in [0, 0.1) is 13.8 Å². The van der Waals surface area contributed by atoms with Gasteiger partial charge in [-0.2, -0.15) is 0 Å². The normalized spacial score (nSPS) is 15.2. The maximum absolute atomic E-state index is 10.5. The van der Waals surface area contributed by atoms with Crippen LogP contribution in [0.1, 0.15) is 45.9 Å². The van der Waals surface area contributed by atoms with Gasteiger partial charge in [0.05, 0.1) is 6.10 Å². The van der Waals surface area contributed by atoms with Gasteiger partial charge in [-0.1, -0.05) is 36.4 Å². The van der Waals surface area contributed by atoms with E-state index in [9.17, 15) is 5.11 Å². The van der Waals surface area contributed by atoms with E-state index in [2.05, 4.69) is 50.2 Å². The molecule has 104 valence electrons. The third-order valence-corrected chi connectivity index (χ3v) is 4.51. The number of aryl methyl sites for hydroxylation is 4. The molecule has 0 fully saturated rings. The smallest absolute Gasteiger partial charge is 0.0830 e. The molecule has 0 saturated carbocycles. The molecule has 2 aromatic carbocycles. The van der Waals surface area contributed by atoms with E-state index in [0.29, 0.717) is 6.42 Å². The molecule has 1 unspecified atom stereocenters. The molecule has 1 heteroatoms. The second kappa shape index (κ2) is 5.41. The first-order chi connectivity index (χ1) is 9.63. The number of benzene rings is 2. The van der Waals surface area contributed by atoms with Crippen LogP contribution in [0.3, 0.4) is 0 Å². The van der Waals surface area contributed by atoms with Crippen molar-refractivity contribution < 1.29 is 5.11 Å². The van der Waals surface area contributed by atoms with E-state index in [1.54, 1.807) is 0 Å². The zero-order valence-electron chi connectivity index (χ0n) is 12.3. The summed E-state index contributed by atoms with van der Waals surface area (Å²) in [6.07, 6.45) is 3.91. The third-order valence-electron chi connectivity index (χ3n) is 4.51. The highest BCUT2D eigenvalue weighted by molar-refractivity contribution is 5.37. The first-order valence-electron chi connectivity index (χ1n) is 7.49. The van der Waals surface area contributed by atoms with Gasteiger partial charge in [-0.3, -0.25) is 0 Å². The van der Waals surface area contributed by atoms with Crippen LogP contribution in [0.5, 0.6) is 0 Å². The van der Waals surface area contributed by atoms with E-state index in [-0.39, 0.29) is 0 Å². The van der Waals surface area contributed by atoms with Crippen molar-refractivity contribution in [2.45, 2.75) is 45.6 Å². The van der Waals surface area contributed by atoms with Crippen LogP contribution in [-0.2, 0) is 19.3 Å². The average molecular weight is 266 g/mol. The van der Waals surface area contributed by atoms with Crippen molar-refractivity contribution in [1.29, 1.82) is 0 Å². The Balaban J connectivity index is 1.78. The van der Waals surface area contributed by atoms with Crippen LogP contribution < -0.4 is 0 Å². The summed E-state index contributed by atoms with van der Waals surface area (Å²) in [4.78, 5) is 0. The van der Waals surface area contributed by atoms with Gasteiger partial charge in [-0.15, -0.1) is 0 Å². The lowest BCUT2D eigenvalue weighted by molar-refractivity contribution is 0.178. The van der Waals surface area contributed by atoms with Crippen LogP contribution in [0.25, 0.3) is 0 Å². The van der Waals surface area contributed by atoms with Crippen molar-refractivity contribution in [3.63, 3.8) is 0 Å². The summed E-state index contributed by atoms with van der Waals surface area (Å²) in [5, 5.41) is 10.5. The minimum atomic E-state index is -0.400. The van der Waals surface area contributed by atoms with E-state index in [1.807, 2.05) is 0 Å². The van der Waals surface area contributed by atoms with Gasteiger partial charge in [0.1, 0.15) is 0 Å². The summed E-state index contributed by atoms with van der Waals surface area (Å²) in [7, 11) is 0. The minimum Gasteiger partial charge on any atom is -0.388 e. The molecule has 0 aromatic heterocycles. The summed E-state index contributed by atoms with van der Waals surface area (Å²) in [5.74, 6) is 0. The van der Waals surface area contributed by atoms with E-state index >= 15 is 0 Å². The fraction of sp³-hybridized carbons (Fsp3) is 0.368. The van der Waals surface area contributed by atoms with Crippen LogP contribution in [0.4, 0.5) is 0 Å². The van der Waals surface area contributed by atoms with Gasteiger partial charge in [-0.05, 0) is 66.5 Å². The molecule has 1 nitrogen and oxygen atoms in total. The lowest BCUT2D eigenvalue weighted by Gasteiger charge is -2.14. The first kappa shape index (κ1) is 13.4. The lowest BCUT2D eigenvalue weighted by atomic mass is 9.96. The number of rotatable bonds is 3. The highest BCUT2D eigenvalue weighted by Gasteiger charge is 2.15. The molecular formula is C19H22O. The van der Waals surface area contributed by atoms with Crippen molar-refractivity contribution in [1.82, 2.24) is 0 Å². The second-order valence-electron chi connectivity index (χ2n) is 6.02. The maximum atomic E-state index is 10.5. The molecule has 1 aliphatic rings. The van der Waals surface area contributed by atoms with Crippen molar-refractivity contribution >= 4 is 0 Å². The molecule has 2 aromatic rings. The van der Waals surface area contributed by atoms with Crippen LogP contribution in [-0.4, -0.2) is 5.11 Å². The zero-order valence-corrected chi connectivity index (χ0v) is 12.3. The maximum Gasteiger partial charge on any atom is 0.0830 e. The second-order valence-corrected chi connectivity index (χ2v) is 6.02. The largest absolute Gasteiger partial charge is 0.388 e. The standard InChI is InChI=1S/C19H22O/c1-13-6-7-15(10-14(13)2)11-19(20)18-9-8-16-4-3-5-17(16)12-18/h6-10,12,19-20H,3-5,11H2,1-2H3. The van der Waals surface area contributed by atoms with Gasteiger partial charge in [0, 0.05) is 6.42 Å². The molecule has 0 radical (unpaired) electrons. The molecule has 0 amide bonds. The van der Waals surface area contributed by atoms with Crippen molar-refractivity contribution in [3.8, 4) is 0 Å². The Morgan fingerprint density at radius 1 is 0.950 bits per heavy atom. The Morgan fingerprint density at radius 2 is 1.75 bits per heavy atom. The van der Waals surface area contributed by atoms with Gasteiger partial charge in [0.25, 0.3) is 0 Å². The topological polar surface area (TPSA) is 20.2 Å². The van der Waals surface area contributed by atoms with Crippen LogP contribution >= 0.6 is 0 Å². The zero-order chi connectivity index (χ0) is 14.1. The number of hydrogen-bond donors (Lipinski definition) is 1. The Hall–Kier alpha value is -1.60. The van der Waals surface area contributed by atoms with Crippen molar-refractivity contribution in [2.75, 3.05) is 0 Å². The lowest BCUT2D eigenvalue weighted by Crippen LogP contribution is -2.03. The fourth-order valence-corrected chi connectivity index (χ4v) is 3.07. The van der Waals surface area contributed by atoms with E-state index < -0.39 is 6.10 Å². The van der Waals surface area contributed by atoms with Crippen molar-refractivity contribution in [2.24, 2.45) is 0 Å². The van der Waals surface area contributed by atoms with Gasteiger partial charge < -0.3 is 5.11 Å². The number of aliphatic hydroxyl groups is 1. The molecule has 1 atom stereocenters. The highest BCUT2D eigenvalue weighted by atomic mass is 16.3. The predicted molar refractivity (Wildman–Crippen MR) is 83.0 cm³/mol. The molecule has 3 rings (SSSR count). The molecule has 0 saturated heterocycles.